The molecule has 0 aliphatic carbocycles. The molecule has 4 aromatic rings. The molecule has 11 heteroatoms. The van der Waals surface area contributed by atoms with E-state index < -0.39 is 17.7 Å². The summed E-state index contributed by atoms with van der Waals surface area (Å²) in [6, 6.07) is 9.78. The highest BCUT2D eigenvalue weighted by atomic mass is 16.6. The van der Waals surface area contributed by atoms with Gasteiger partial charge in [-0.1, -0.05) is 24.3 Å². The number of carbonyl (C=O) groups excluding carboxylic acids is 1. The maximum absolute atomic E-state index is 13.5. The average molecular weight is 630 g/mol. The largest absolute Gasteiger partial charge is 0.489 e. The van der Waals surface area contributed by atoms with Crippen molar-refractivity contribution in [3.8, 4) is 17.3 Å². The molecule has 0 saturated carbocycles. The molecule has 0 radical (unpaired) electrons. The zero-order valence-corrected chi connectivity index (χ0v) is 27.5. The molecule has 1 saturated heterocycles. The molecular weight excluding hydrogens is 586 g/mol. The Bertz CT molecular complexity index is 1730. The lowest BCUT2D eigenvalue weighted by Crippen LogP contribution is -2.45. The van der Waals surface area contributed by atoms with Crippen LogP contribution in [-0.4, -0.2) is 69.7 Å². The van der Waals surface area contributed by atoms with Crippen molar-refractivity contribution in [2.75, 3.05) is 37.8 Å². The fourth-order valence-corrected chi connectivity index (χ4v) is 5.97. The number of esters is 1. The Morgan fingerprint density at radius 3 is 2.65 bits per heavy atom. The first-order chi connectivity index (χ1) is 22.0. The molecule has 46 heavy (non-hydrogen) atoms. The second-order valence-corrected chi connectivity index (χ2v) is 13.0. The van der Waals surface area contributed by atoms with Crippen molar-refractivity contribution in [2.24, 2.45) is 0 Å². The van der Waals surface area contributed by atoms with Gasteiger partial charge in [0.1, 0.15) is 23.9 Å². The lowest BCUT2D eigenvalue weighted by molar-refractivity contribution is -0.166. The number of piperidine rings is 1. The van der Waals surface area contributed by atoms with Gasteiger partial charge in [-0.2, -0.15) is 9.61 Å². The number of para-hydroxylation sites is 1. The molecular formula is C35H43N5O6. The molecule has 1 aromatic carbocycles. The van der Waals surface area contributed by atoms with Gasteiger partial charge >= 0.3 is 5.97 Å². The average Bonchev–Trinajstić information content (AvgIpc) is 3.65. The second kappa shape index (κ2) is 12.9. The molecule has 6 heterocycles. The molecule has 3 aliphatic rings. The standard InChI is InChI=1S/C35H43N5O6/c1-7-42-33(41)30(46-34(3,4)5)29-23(2)37-28-21-26-31-36-22-25(45-31)20-24-12-8-9-13-27(24)43-18-10-11-19-44-35(6)14-16-39(17-15-35)32(29)40(28)38-26/h8-13,21-22,30H,7,14-20H2,1-6H3/b11-10+/t30-/m0/s1. The van der Waals surface area contributed by atoms with Crippen LogP contribution in [0.2, 0.25) is 0 Å². The van der Waals surface area contributed by atoms with Gasteiger partial charge in [0, 0.05) is 36.8 Å². The molecule has 11 nitrogen and oxygen atoms in total. The Kier molecular flexibility index (Phi) is 8.89. The number of ether oxygens (including phenoxy) is 4. The van der Waals surface area contributed by atoms with Gasteiger partial charge in [-0.3, -0.25) is 0 Å². The molecule has 3 aliphatic heterocycles. The number of anilines is 1. The van der Waals surface area contributed by atoms with Crippen LogP contribution in [-0.2, 0) is 25.4 Å². The Hall–Kier alpha value is -4.22. The third-order valence-corrected chi connectivity index (χ3v) is 8.30. The van der Waals surface area contributed by atoms with Crippen molar-refractivity contribution in [3.63, 3.8) is 0 Å². The topological polar surface area (TPSA) is 113 Å². The van der Waals surface area contributed by atoms with Crippen LogP contribution in [0.15, 0.2) is 53.1 Å². The van der Waals surface area contributed by atoms with E-state index in [4.69, 9.17) is 33.4 Å². The van der Waals surface area contributed by atoms with E-state index in [0.29, 0.717) is 67.0 Å². The molecule has 0 amide bonds. The molecule has 0 N–H and O–H groups in total. The first kappa shape index (κ1) is 31.7. The highest BCUT2D eigenvalue weighted by molar-refractivity contribution is 5.80. The Morgan fingerprint density at radius 2 is 1.89 bits per heavy atom. The number of hydrogen-bond acceptors (Lipinski definition) is 10. The summed E-state index contributed by atoms with van der Waals surface area (Å²) >= 11 is 0. The zero-order chi connectivity index (χ0) is 32.5. The van der Waals surface area contributed by atoms with Crippen LogP contribution in [0.5, 0.6) is 5.75 Å². The quantitative estimate of drug-likeness (QED) is 0.196. The number of carbonyl (C=O) groups is 1. The summed E-state index contributed by atoms with van der Waals surface area (Å²) < 4.78 is 32.5. The monoisotopic (exact) mass is 629 g/mol. The summed E-state index contributed by atoms with van der Waals surface area (Å²) in [6.07, 6.45) is 6.77. The van der Waals surface area contributed by atoms with E-state index in [-0.39, 0.29) is 12.2 Å². The molecule has 7 rings (SSSR count). The van der Waals surface area contributed by atoms with Crippen molar-refractivity contribution >= 4 is 17.4 Å². The number of hydrogen-bond donors (Lipinski definition) is 0. The van der Waals surface area contributed by atoms with Crippen molar-refractivity contribution in [1.82, 2.24) is 19.6 Å². The summed E-state index contributed by atoms with van der Waals surface area (Å²) in [4.78, 5) is 25.3. The number of fused-ring (bicyclic) bond motifs is 6. The van der Waals surface area contributed by atoms with Gasteiger partial charge in [-0.15, -0.1) is 0 Å². The van der Waals surface area contributed by atoms with Crippen molar-refractivity contribution in [3.05, 3.63) is 71.3 Å². The first-order valence-electron chi connectivity index (χ1n) is 16.0. The normalized spacial score (nSPS) is 18.2. The first-order valence-corrected chi connectivity index (χ1v) is 16.0. The minimum Gasteiger partial charge on any atom is -0.489 e. The number of rotatable bonds is 4. The van der Waals surface area contributed by atoms with E-state index in [1.54, 1.807) is 17.6 Å². The lowest BCUT2D eigenvalue weighted by Gasteiger charge is -2.41. The highest BCUT2D eigenvalue weighted by Gasteiger charge is 2.38. The maximum Gasteiger partial charge on any atom is 0.340 e. The third kappa shape index (κ3) is 6.80. The van der Waals surface area contributed by atoms with Gasteiger partial charge in [0.05, 0.1) is 36.2 Å². The minimum atomic E-state index is -1.00. The summed E-state index contributed by atoms with van der Waals surface area (Å²) in [5, 5.41) is 4.98. The van der Waals surface area contributed by atoms with Gasteiger partial charge in [0.15, 0.2) is 17.4 Å². The summed E-state index contributed by atoms with van der Waals surface area (Å²) in [5.74, 6) is 2.13. The van der Waals surface area contributed by atoms with Crippen LogP contribution in [0, 0.1) is 6.92 Å². The minimum absolute atomic E-state index is 0.232. The summed E-state index contributed by atoms with van der Waals surface area (Å²) in [7, 11) is 0. The Labute approximate surface area is 269 Å². The lowest BCUT2D eigenvalue weighted by atomic mass is 9.92. The number of nitrogens with zero attached hydrogens (tertiary/aromatic N) is 5. The Balaban J connectivity index is 1.49. The van der Waals surface area contributed by atoms with Crippen LogP contribution in [0.25, 0.3) is 17.2 Å². The molecule has 244 valence electrons. The molecule has 0 unspecified atom stereocenters. The molecule has 1 fully saturated rings. The molecule has 3 aromatic heterocycles. The van der Waals surface area contributed by atoms with Gasteiger partial charge in [0.2, 0.25) is 5.89 Å². The van der Waals surface area contributed by atoms with Crippen LogP contribution in [0.4, 0.5) is 5.82 Å². The zero-order valence-electron chi connectivity index (χ0n) is 27.5. The summed E-state index contributed by atoms with van der Waals surface area (Å²) in [6.45, 7) is 14.1. The SMILES string of the molecule is CCOC(=O)[C@@H](OC(C)(C)C)c1c(C)nc2cc3nn2c1N1CCC(C)(CC1)OC/C=C/COc1ccccc1Cc1cnc-3o1. The molecule has 1 atom stereocenters. The van der Waals surface area contributed by atoms with Crippen molar-refractivity contribution in [1.29, 1.82) is 0 Å². The number of aromatic nitrogens is 4. The predicted octanol–water partition coefficient (Wildman–Crippen LogP) is 6.03. The number of aryl methyl sites for hydroxylation is 1. The summed E-state index contributed by atoms with van der Waals surface area (Å²) in [5.41, 5.74) is 2.49. The van der Waals surface area contributed by atoms with Gasteiger partial charge in [0.25, 0.3) is 0 Å². The van der Waals surface area contributed by atoms with E-state index in [1.807, 2.05) is 70.2 Å². The smallest absolute Gasteiger partial charge is 0.340 e. The fraction of sp³-hybridized carbons (Fsp3) is 0.486. The van der Waals surface area contributed by atoms with Crippen molar-refractivity contribution in [2.45, 2.75) is 78.1 Å². The fourth-order valence-electron chi connectivity index (χ4n) is 5.97. The van der Waals surface area contributed by atoms with Gasteiger partial charge < -0.3 is 28.3 Å². The van der Waals surface area contributed by atoms with Crippen LogP contribution < -0.4 is 9.64 Å². The van der Waals surface area contributed by atoms with E-state index in [1.165, 1.54) is 0 Å². The molecule has 6 bridgehead atoms. The third-order valence-electron chi connectivity index (χ3n) is 8.30. The Morgan fingerprint density at radius 1 is 1.13 bits per heavy atom. The van der Waals surface area contributed by atoms with Crippen LogP contribution in [0.1, 0.15) is 76.1 Å². The van der Waals surface area contributed by atoms with Gasteiger partial charge in [-0.25, -0.2) is 14.8 Å². The number of benzene rings is 1. The van der Waals surface area contributed by atoms with E-state index in [2.05, 4.69) is 16.8 Å². The van der Waals surface area contributed by atoms with Crippen molar-refractivity contribution < 1.29 is 28.2 Å². The second-order valence-electron chi connectivity index (χ2n) is 13.0. The van der Waals surface area contributed by atoms with E-state index in [9.17, 15) is 4.79 Å². The number of oxazole rings is 1. The van der Waals surface area contributed by atoms with Crippen LogP contribution in [0.3, 0.4) is 0 Å². The van der Waals surface area contributed by atoms with Gasteiger partial charge in [-0.05, 0) is 66.5 Å². The van der Waals surface area contributed by atoms with Crippen LogP contribution >= 0.6 is 0 Å². The maximum atomic E-state index is 13.5. The highest BCUT2D eigenvalue weighted by Crippen LogP contribution is 2.39. The predicted molar refractivity (Wildman–Crippen MR) is 173 cm³/mol. The van der Waals surface area contributed by atoms with E-state index >= 15 is 0 Å². The molecule has 0 spiro atoms. The van der Waals surface area contributed by atoms with E-state index in [0.717, 1.165) is 30.0 Å².